The number of hydrogen-bond acceptors (Lipinski definition) is 5. The van der Waals surface area contributed by atoms with Gasteiger partial charge in [-0.25, -0.2) is 0 Å². The number of allylic oxidation sites excluding steroid dienone is 1. The van der Waals surface area contributed by atoms with E-state index in [9.17, 15) is 4.79 Å². The van der Waals surface area contributed by atoms with Crippen LogP contribution in [0.5, 0.6) is 11.5 Å². The van der Waals surface area contributed by atoms with Crippen molar-refractivity contribution in [3.05, 3.63) is 85.8 Å². The van der Waals surface area contributed by atoms with Crippen LogP contribution in [0.2, 0.25) is 5.02 Å². The maximum atomic E-state index is 13.1. The zero-order valence-electron chi connectivity index (χ0n) is 15.8. The zero-order valence-corrected chi connectivity index (χ0v) is 17.3. The molecule has 3 heterocycles. The highest BCUT2D eigenvalue weighted by Gasteiger charge is 2.35. The second-order valence-corrected chi connectivity index (χ2v) is 8.61. The number of nitrogens with zero attached hydrogens (tertiary/aromatic N) is 1. The predicted molar refractivity (Wildman–Crippen MR) is 115 cm³/mol. The first kappa shape index (κ1) is 18.4. The summed E-state index contributed by atoms with van der Waals surface area (Å²) in [6.45, 7) is 3.90. The summed E-state index contributed by atoms with van der Waals surface area (Å²) >= 11 is 7.98. The van der Waals surface area contributed by atoms with Crippen molar-refractivity contribution in [1.82, 2.24) is 4.90 Å². The maximum absolute atomic E-state index is 13.1. The Labute approximate surface area is 177 Å². The van der Waals surface area contributed by atoms with Crippen LogP contribution in [-0.2, 0) is 13.1 Å². The Hall–Kier alpha value is -2.60. The number of thiophene rings is 1. The molecule has 0 spiro atoms. The predicted octanol–water partition coefficient (Wildman–Crippen LogP) is 5.68. The molecule has 5 rings (SSSR count). The molecular weight excluding hydrogens is 406 g/mol. The molecule has 1 aromatic heterocycles. The highest BCUT2D eigenvalue weighted by molar-refractivity contribution is 7.09. The van der Waals surface area contributed by atoms with Crippen LogP contribution in [0.15, 0.2) is 53.6 Å². The number of carbonyl (C=O) groups is 1. The van der Waals surface area contributed by atoms with Gasteiger partial charge in [-0.15, -0.1) is 11.3 Å². The van der Waals surface area contributed by atoms with Crippen LogP contribution in [0.25, 0.3) is 6.08 Å². The lowest BCUT2D eigenvalue weighted by Crippen LogP contribution is -2.31. The number of Topliss-reactive ketones (excluding diaryl/α,β-unsaturated/α-hetero) is 1. The third kappa shape index (κ3) is 3.35. The second-order valence-electron chi connectivity index (χ2n) is 7.18. The average molecular weight is 424 g/mol. The van der Waals surface area contributed by atoms with Gasteiger partial charge in [0.2, 0.25) is 5.78 Å². The quantitative estimate of drug-likeness (QED) is 0.508. The fraction of sp³-hybridized carbons (Fsp3) is 0.174. The topological polar surface area (TPSA) is 38.8 Å². The van der Waals surface area contributed by atoms with Crippen molar-refractivity contribution >= 4 is 34.8 Å². The Balaban J connectivity index is 1.50. The molecule has 2 aliphatic heterocycles. The number of ketones is 1. The number of aryl methyl sites for hydroxylation is 1. The van der Waals surface area contributed by atoms with Gasteiger partial charge in [-0.2, -0.15) is 0 Å². The van der Waals surface area contributed by atoms with Crippen molar-refractivity contribution in [3.8, 4) is 11.5 Å². The summed E-state index contributed by atoms with van der Waals surface area (Å²) in [5, 5.41) is 2.65. The number of rotatable bonds is 3. The number of fused-ring (bicyclic) bond motifs is 3. The van der Waals surface area contributed by atoms with Gasteiger partial charge in [0.15, 0.2) is 5.76 Å². The third-order valence-corrected chi connectivity index (χ3v) is 6.34. The monoisotopic (exact) mass is 423 g/mol. The molecule has 2 aromatic carbocycles. The Morgan fingerprint density at radius 2 is 2.10 bits per heavy atom. The van der Waals surface area contributed by atoms with Crippen molar-refractivity contribution in [2.75, 3.05) is 6.73 Å². The largest absolute Gasteiger partial charge is 0.478 e. The van der Waals surface area contributed by atoms with Gasteiger partial charge in [-0.1, -0.05) is 35.9 Å². The summed E-state index contributed by atoms with van der Waals surface area (Å²) in [7, 11) is 0. The second kappa shape index (κ2) is 7.34. The molecule has 6 heteroatoms. The Morgan fingerprint density at radius 1 is 1.24 bits per heavy atom. The van der Waals surface area contributed by atoms with Crippen molar-refractivity contribution in [3.63, 3.8) is 0 Å². The van der Waals surface area contributed by atoms with E-state index in [1.165, 1.54) is 4.88 Å². The van der Waals surface area contributed by atoms with Gasteiger partial charge in [0.05, 0.1) is 11.1 Å². The highest BCUT2D eigenvalue weighted by atomic mass is 35.5. The fourth-order valence-electron chi connectivity index (χ4n) is 3.73. The number of hydrogen-bond donors (Lipinski definition) is 0. The van der Waals surface area contributed by atoms with E-state index in [1.54, 1.807) is 23.5 Å². The summed E-state index contributed by atoms with van der Waals surface area (Å²) in [6, 6.07) is 13.5. The van der Waals surface area contributed by atoms with Gasteiger partial charge in [0.25, 0.3) is 0 Å². The normalized spacial score (nSPS) is 17.0. The minimum absolute atomic E-state index is 0.115. The Bertz CT molecular complexity index is 1140. The van der Waals surface area contributed by atoms with Crippen molar-refractivity contribution in [2.24, 2.45) is 0 Å². The van der Waals surface area contributed by atoms with Gasteiger partial charge >= 0.3 is 0 Å². The Morgan fingerprint density at radius 3 is 2.90 bits per heavy atom. The van der Waals surface area contributed by atoms with Gasteiger partial charge < -0.3 is 9.47 Å². The molecule has 0 saturated heterocycles. The summed E-state index contributed by atoms with van der Waals surface area (Å²) in [5.74, 6) is 1.57. The fourth-order valence-corrected chi connectivity index (χ4v) is 4.67. The molecule has 29 heavy (non-hydrogen) atoms. The number of halogens is 1. The molecule has 0 atom stereocenters. The molecule has 3 aromatic rings. The van der Waals surface area contributed by atoms with E-state index in [1.807, 2.05) is 37.3 Å². The van der Waals surface area contributed by atoms with Crippen LogP contribution in [0, 0.1) is 6.92 Å². The van der Waals surface area contributed by atoms with Gasteiger partial charge in [-0.05, 0) is 47.7 Å². The number of benzene rings is 2. The van der Waals surface area contributed by atoms with Crippen LogP contribution in [0.1, 0.15) is 31.9 Å². The van der Waals surface area contributed by atoms with Gasteiger partial charge in [0.1, 0.15) is 18.2 Å². The molecule has 0 amide bonds. The lowest BCUT2D eigenvalue weighted by atomic mass is 9.98. The molecule has 0 unspecified atom stereocenters. The van der Waals surface area contributed by atoms with E-state index < -0.39 is 0 Å². The molecule has 4 nitrogen and oxygen atoms in total. The van der Waals surface area contributed by atoms with E-state index in [2.05, 4.69) is 16.3 Å². The van der Waals surface area contributed by atoms with Crippen LogP contribution < -0.4 is 9.47 Å². The molecule has 0 radical (unpaired) electrons. The standard InChI is InChI=1S/C23H18ClNO3S/c1-14-9-19-17(12-25(13-27-19)11-16-6-4-8-29-16)23-21(14)22(26)20(28-23)10-15-5-2-3-7-18(15)24/h2-10H,11-13H2,1H3/b20-10-. The number of ether oxygens (including phenoxy) is 2. The smallest absolute Gasteiger partial charge is 0.232 e. The molecule has 2 aliphatic rings. The average Bonchev–Trinajstić information content (AvgIpc) is 3.33. The minimum atomic E-state index is -0.115. The first-order valence-electron chi connectivity index (χ1n) is 9.33. The molecular formula is C23H18ClNO3S. The molecule has 0 fully saturated rings. The van der Waals surface area contributed by atoms with Crippen LogP contribution in [0.3, 0.4) is 0 Å². The SMILES string of the molecule is Cc1cc2c(c3c1C(=O)/C(=C/c1ccccc1Cl)O3)CN(Cc1cccs1)CO2. The minimum Gasteiger partial charge on any atom is -0.478 e. The molecule has 0 aliphatic carbocycles. The molecule has 146 valence electrons. The van der Waals surface area contributed by atoms with E-state index in [-0.39, 0.29) is 5.78 Å². The summed E-state index contributed by atoms with van der Waals surface area (Å²) in [6.07, 6.45) is 1.71. The van der Waals surface area contributed by atoms with E-state index in [0.717, 1.165) is 29.0 Å². The zero-order chi connectivity index (χ0) is 20.0. The van der Waals surface area contributed by atoms with E-state index in [4.69, 9.17) is 21.1 Å². The van der Waals surface area contributed by atoms with Crippen molar-refractivity contribution in [2.45, 2.75) is 20.0 Å². The highest BCUT2D eigenvalue weighted by Crippen LogP contribution is 2.44. The summed E-state index contributed by atoms with van der Waals surface area (Å²) in [5.41, 5.74) is 3.15. The summed E-state index contributed by atoms with van der Waals surface area (Å²) in [4.78, 5) is 16.5. The van der Waals surface area contributed by atoms with Crippen LogP contribution >= 0.6 is 22.9 Å². The van der Waals surface area contributed by atoms with Crippen LogP contribution in [-0.4, -0.2) is 17.4 Å². The Kier molecular flexibility index (Phi) is 4.66. The molecule has 0 bridgehead atoms. The van der Waals surface area contributed by atoms with E-state index in [0.29, 0.717) is 35.4 Å². The van der Waals surface area contributed by atoms with Crippen LogP contribution in [0.4, 0.5) is 0 Å². The van der Waals surface area contributed by atoms with E-state index >= 15 is 0 Å². The number of carbonyl (C=O) groups excluding carboxylic acids is 1. The summed E-state index contributed by atoms with van der Waals surface area (Å²) < 4.78 is 12.1. The first-order valence-corrected chi connectivity index (χ1v) is 10.6. The van der Waals surface area contributed by atoms with Gasteiger partial charge in [0, 0.05) is 23.0 Å². The first-order chi connectivity index (χ1) is 14.1. The van der Waals surface area contributed by atoms with Gasteiger partial charge in [-0.3, -0.25) is 9.69 Å². The lowest BCUT2D eigenvalue weighted by Gasteiger charge is -2.29. The third-order valence-electron chi connectivity index (χ3n) is 5.14. The van der Waals surface area contributed by atoms with Crippen molar-refractivity contribution < 1.29 is 14.3 Å². The molecule has 0 N–H and O–H groups in total. The lowest BCUT2D eigenvalue weighted by molar-refractivity contribution is 0.0881. The molecule has 0 saturated carbocycles. The maximum Gasteiger partial charge on any atom is 0.232 e. The van der Waals surface area contributed by atoms with Crippen molar-refractivity contribution in [1.29, 1.82) is 0 Å².